The van der Waals surface area contributed by atoms with Crippen LogP contribution in [0.2, 0.25) is 0 Å². The van der Waals surface area contributed by atoms with E-state index in [-0.39, 0.29) is 12.3 Å². The van der Waals surface area contributed by atoms with Crippen LogP contribution in [0, 0.1) is 0 Å². The van der Waals surface area contributed by atoms with E-state index < -0.39 is 10.0 Å². The molecule has 1 heterocycles. The number of hydrogen-bond donors (Lipinski definition) is 2. The van der Waals surface area contributed by atoms with Gasteiger partial charge < -0.3 is 15.4 Å². The van der Waals surface area contributed by atoms with Crippen molar-refractivity contribution in [3.63, 3.8) is 0 Å². The van der Waals surface area contributed by atoms with Crippen molar-refractivity contribution in [1.29, 1.82) is 0 Å². The van der Waals surface area contributed by atoms with Gasteiger partial charge in [-0.3, -0.25) is 4.99 Å². The van der Waals surface area contributed by atoms with Crippen molar-refractivity contribution in [2.75, 3.05) is 45.1 Å². The van der Waals surface area contributed by atoms with Crippen LogP contribution in [0.25, 0.3) is 0 Å². The quantitative estimate of drug-likeness (QED) is 0.534. The maximum atomic E-state index is 12.2. The van der Waals surface area contributed by atoms with Crippen molar-refractivity contribution >= 4 is 16.0 Å². The minimum absolute atomic E-state index is 0.0498. The van der Waals surface area contributed by atoms with Crippen molar-refractivity contribution in [2.24, 2.45) is 4.99 Å². The van der Waals surface area contributed by atoms with E-state index in [1.165, 1.54) is 17.1 Å². The zero-order valence-electron chi connectivity index (χ0n) is 13.4. The third kappa shape index (κ3) is 5.40. The summed E-state index contributed by atoms with van der Waals surface area (Å²) < 4.78 is 31.2. The number of rotatable bonds is 6. The van der Waals surface area contributed by atoms with E-state index in [0.29, 0.717) is 32.3 Å². The minimum Gasteiger partial charge on any atom is -0.379 e. The first kappa shape index (κ1) is 17.5. The standard InChI is InChI=1S/C14H28N4O3S/c1-2-15-14(17-13-5-3-4-6-13)16-7-12-22(19,20)18-8-10-21-11-9-18/h13H,2-12H2,1H3,(H2,15,16,17). The Morgan fingerprint density at radius 3 is 2.59 bits per heavy atom. The van der Waals surface area contributed by atoms with Crippen molar-refractivity contribution < 1.29 is 13.2 Å². The second-order valence-electron chi connectivity index (χ2n) is 5.71. The Morgan fingerprint density at radius 2 is 1.95 bits per heavy atom. The number of nitrogens with zero attached hydrogens (tertiary/aromatic N) is 2. The molecule has 2 fully saturated rings. The largest absolute Gasteiger partial charge is 0.379 e. The predicted molar refractivity (Wildman–Crippen MR) is 87.5 cm³/mol. The fourth-order valence-corrected chi connectivity index (χ4v) is 4.10. The van der Waals surface area contributed by atoms with Gasteiger partial charge in [0.1, 0.15) is 0 Å². The van der Waals surface area contributed by atoms with E-state index in [1.807, 2.05) is 6.92 Å². The number of sulfonamides is 1. The first-order valence-corrected chi connectivity index (χ1v) is 9.83. The Labute approximate surface area is 133 Å². The molecular weight excluding hydrogens is 304 g/mol. The van der Waals surface area contributed by atoms with Gasteiger partial charge in [-0.1, -0.05) is 12.8 Å². The Morgan fingerprint density at radius 1 is 1.27 bits per heavy atom. The van der Waals surface area contributed by atoms with Crippen LogP contribution in [0.15, 0.2) is 4.99 Å². The average Bonchev–Trinajstić information content (AvgIpc) is 3.01. The van der Waals surface area contributed by atoms with Crippen LogP contribution in [-0.2, 0) is 14.8 Å². The van der Waals surface area contributed by atoms with Crippen molar-refractivity contribution in [1.82, 2.24) is 14.9 Å². The molecule has 1 aliphatic heterocycles. The molecular formula is C14H28N4O3S. The van der Waals surface area contributed by atoms with Gasteiger partial charge in [0, 0.05) is 25.7 Å². The van der Waals surface area contributed by atoms with Crippen LogP contribution in [0.5, 0.6) is 0 Å². The summed E-state index contributed by atoms with van der Waals surface area (Å²) in [5, 5.41) is 6.58. The van der Waals surface area contributed by atoms with Crippen LogP contribution >= 0.6 is 0 Å². The number of morpholine rings is 1. The van der Waals surface area contributed by atoms with Crippen LogP contribution in [-0.4, -0.2) is 69.9 Å². The van der Waals surface area contributed by atoms with E-state index >= 15 is 0 Å². The van der Waals surface area contributed by atoms with Crippen molar-refractivity contribution in [2.45, 2.75) is 38.6 Å². The molecule has 1 saturated carbocycles. The summed E-state index contributed by atoms with van der Waals surface area (Å²) in [4.78, 5) is 4.41. The number of aliphatic imine (C=N–C) groups is 1. The highest BCUT2D eigenvalue weighted by atomic mass is 32.2. The molecule has 0 aromatic rings. The number of nitrogens with one attached hydrogen (secondary N) is 2. The molecule has 0 unspecified atom stereocenters. The van der Waals surface area contributed by atoms with E-state index in [4.69, 9.17) is 4.74 Å². The zero-order valence-corrected chi connectivity index (χ0v) is 14.2. The zero-order chi connectivity index (χ0) is 15.8. The lowest BCUT2D eigenvalue weighted by molar-refractivity contribution is 0.0731. The maximum absolute atomic E-state index is 12.2. The maximum Gasteiger partial charge on any atom is 0.216 e. The first-order valence-electron chi connectivity index (χ1n) is 8.22. The molecule has 0 aromatic heterocycles. The molecule has 2 rings (SSSR count). The highest BCUT2D eigenvalue weighted by Gasteiger charge is 2.23. The predicted octanol–water partition coefficient (Wildman–Crippen LogP) is 0.146. The van der Waals surface area contributed by atoms with Crippen LogP contribution < -0.4 is 10.6 Å². The van der Waals surface area contributed by atoms with Crippen LogP contribution in [0.4, 0.5) is 0 Å². The van der Waals surface area contributed by atoms with Gasteiger partial charge in [-0.15, -0.1) is 0 Å². The summed E-state index contributed by atoms with van der Waals surface area (Å²) >= 11 is 0. The van der Waals surface area contributed by atoms with E-state index in [9.17, 15) is 8.42 Å². The summed E-state index contributed by atoms with van der Waals surface area (Å²) in [6.45, 7) is 4.93. The van der Waals surface area contributed by atoms with Gasteiger partial charge in [0.2, 0.25) is 10.0 Å². The summed E-state index contributed by atoms with van der Waals surface area (Å²) in [5.74, 6) is 0.778. The summed E-state index contributed by atoms with van der Waals surface area (Å²) in [5.41, 5.74) is 0. The van der Waals surface area contributed by atoms with E-state index in [1.54, 1.807) is 0 Å². The van der Waals surface area contributed by atoms with Gasteiger partial charge in [0.05, 0.1) is 25.5 Å². The normalized spacial score (nSPS) is 22.0. The number of hydrogen-bond acceptors (Lipinski definition) is 4. The van der Waals surface area contributed by atoms with Gasteiger partial charge >= 0.3 is 0 Å². The molecule has 128 valence electrons. The second kappa shape index (κ2) is 8.69. The molecule has 0 bridgehead atoms. The Kier molecular flexibility index (Phi) is 6.91. The number of ether oxygens (including phenoxy) is 1. The van der Waals surface area contributed by atoms with Gasteiger partial charge in [-0.05, 0) is 19.8 Å². The molecule has 2 aliphatic rings. The fourth-order valence-electron chi connectivity index (χ4n) is 2.81. The highest BCUT2D eigenvalue weighted by molar-refractivity contribution is 7.89. The Balaban J connectivity index is 1.83. The molecule has 22 heavy (non-hydrogen) atoms. The monoisotopic (exact) mass is 332 g/mol. The minimum atomic E-state index is -3.23. The number of guanidine groups is 1. The summed E-state index contributed by atoms with van der Waals surface area (Å²) in [6, 6.07) is 0.466. The molecule has 0 radical (unpaired) electrons. The molecule has 0 aromatic carbocycles. The lowest BCUT2D eigenvalue weighted by atomic mass is 10.2. The van der Waals surface area contributed by atoms with Crippen molar-refractivity contribution in [3.8, 4) is 0 Å². The SMILES string of the molecule is CCNC(=NCCS(=O)(=O)N1CCOCC1)NC1CCCC1. The van der Waals surface area contributed by atoms with Crippen LogP contribution in [0.1, 0.15) is 32.6 Å². The third-order valence-corrected chi connectivity index (χ3v) is 5.87. The van der Waals surface area contributed by atoms with Gasteiger partial charge in [-0.2, -0.15) is 4.31 Å². The van der Waals surface area contributed by atoms with E-state index in [0.717, 1.165) is 25.3 Å². The van der Waals surface area contributed by atoms with Crippen LogP contribution in [0.3, 0.4) is 0 Å². The van der Waals surface area contributed by atoms with Gasteiger partial charge in [0.25, 0.3) is 0 Å². The molecule has 0 spiro atoms. The Bertz CT molecular complexity index is 455. The molecule has 7 nitrogen and oxygen atoms in total. The molecule has 0 atom stereocenters. The van der Waals surface area contributed by atoms with Gasteiger partial charge in [-0.25, -0.2) is 8.42 Å². The van der Waals surface area contributed by atoms with Gasteiger partial charge in [0.15, 0.2) is 5.96 Å². The Hall–Kier alpha value is -0.860. The highest BCUT2D eigenvalue weighted by Crippen LogP contribution is 2.17. The first-order chi connectivity index (χ1) is 10.6. The molecule has 1 saturated heterocycles. The molecule has 8 heteroatoms. The third-order valence-electron chi connectivity index (χ3n) is 4.02. The van der Waals surface area contributed by atoms with E-state index in [2.05, 4.69) is 15.6 Å². The molecule has 1 aliphatic carbocycles. The van der Waals surface area contributed by atoms with Crippen molar-refractivity contribution in [3.05, 3.63) is 0 Å². The lowest BCUT2D eigenvalue weighted by Gasteiger charge is -2.25. The smallest absolute Gasteiger partial charge is 0.216 e. The summed E-state index contributed by atoms with van der Waals surface area (Å²) in [7, 11) is -3.23. The fraction of sp³-hybridized carbons (Fsp3) is 0.929. The second-order valence-corrected chi connectivity index (χ2v) is 7.80. The summed E-state index contributed by atoms with van der Waals surface area (Å²) in [6.07, 6.45) is 4.83. The average molecular weight is 332 g/mol. The molecule has 2 N–H and O–H groups in total. The lowest BCUT2D eigenvalue weighted by Crippen LogP contribution is -2.44. The topological polar surface area (TPSA) is 83.0 Å². The molecule has 0 amide bonds.